The molecule has 6 aromatic rings. The number of rotatable bonds is 9. The molecular formula is C44H50N4O. The molecule has 2 atom stereocenters. The Bertz CT molecular complexity index is 2180. The average molecular weight is 651 g/mol. The number of hydrogen-bond acceptors (Lipinski definition) is 3. The molecule has 7 rings (SSSR count). The predicted molar refractivity (Wildman–Crippen MR) is 204 cm³/mol. The Hall–Kier alpha value is -4.64. The second kappa shape index (κ2) is 13.3. The van der Waals surface area contributed by atoms with Crippen molar-refractivity contribution in [3.63, 3.8) is 0 Å². The highest BCUT2D eigenvalue weighted by Gasteiger charge is 2.32. The Morgan fingerprint density at radius 1 is 0.816 bits per heavy atom. The van der Waals surface area contributed by atoms with Gasteiger partial charge in [-0.05, 0) is 104 Å². The first kappa shape index (κ1) is 32.9. The minimum Gasteiger partial charge on any atom is -0.457 e. The molecule has 0 bridgehead atoms. The van der Waals surface area contributed by atoms with Gasteiger partial charge in [-0.3, -0.25) is 4.57 Å². The number of para-hydroxylation sites is 1. The molecule has 0 amide bonds. The van der Waals surface area contributed by atoms with Crippen molar-refractivity contribution in [3.05, 3.63) is 119 Å². The quantitative estimate of drug-likeness (QED) is 0.146. The Kier molecular flexibility index (Phi) is 8.96. The molecule has 0 fully saturated rings. The summed E-state index contributed by atoms with van der Waals surface area (Å²) in [5.41, 5.74) is 11.1. The molecule has 1 aliphatic rings. The van der Waals surface area contributed by atoms with Crippen LogP contribution < -0.4 is 4.74 Å². The van der Waals surface area contributed by atoms with E-state index in [4.69, 9.17) is 14.8 Å². The van der Waals surface area contributed by atoms with Gasteiger partial charge in [-0.25, -0.2) is 9.67 Å². The lowest BCUT2D eigenvalue weighted by Gasteiger charge is -2.32. The number of fused-ring (bicyclic) bond motifs is 3. The third kappa shape index (κ3) is 5.98. The van der Waals surface area contributed by atoms with E-state index in [1.807, 2.05) is 6.20 Å². The highest BCUT2D eigenvalue weighted by molar-refractivity contribution is 6.09. The topological polar surface area (TPSA) is 44.9 Å². The van der Waals surface area contributed by atoms with Crippen LogP contribution in [0.2, 0.25) is 0 Å². The largest absolute Gasteiger partial charge is 0.457 e. The molecule has 0 spiro atoms. The van der Waals surface area contributed by atoms with Gasteiger partial charge in [0.1, 0.15) is 17.3 Å². The minimum atomic E-state index is 0.334. The van der Waals surface area contributed by atoms with E-state index in [2.05, 4.69) is 144 Å². The maximum Gasteiger partial charge on any atom is 0.137 e. The van der Waals surface area contributed by atoms with Crippen LogP contribution in [-0.2, 0) is 0 Å². The van der Waals surface area contributed by atoms with Crippen molar-refractivity contribution in [2.45, 2.75) is 98.8 Å². The zero-order valence-electron chi connectivity index (χ0n) is 30.4. The second-order valence-corrected chi connectivity index (χ2v) is 14.5. The zero-order valence-corrected chi connectivity index (χ0v) is 30.4. The van der Waals surface area contributed by atoms with E-state index in [1.54, 1.807) is 5.57 Å². The molecule has 0 radical (unpaired) electrons. The Morgan fingerprint density at radius 3 is 2.35 bits per heavy atom. The molecule has 0 saturated carbocycles. The van der Waals surface area contributed by atoms with E-state index in [0.29, 0.717) is 23.7 Å². The molecule has 0 saturated heterocycles. The number of allylic oxidation sites excluding steroid dienone is 2. The Morgan fingerprint density at radius 2 is 1.59 bits per heavy atom. The number of nitrogens with zero attached hydrogens (tertiary/aromatic N) is 4. The molecule has 3 heterocycles. The van der Waals surface area contributed by atoms with Crippen LogP contribution in [-0.4, -0.2) is 19.3 Å². The van der Waals surface area contributed by atoms with Gasteiger partial charge in [-0.2, -0.15) is 5.10 Å². The Balaban J connectivity index is 1.32. The predicted octanol–water partition coefficient (Wildman–Crippen LogP) is 12.3. The van der Waals surface area contributed by atoms with Crippen molar-refractivity contribution in [3.8, 4) is 23.0 Å². The molecule has 0 aliphatic heterocycles. The van der Waals surface area contributed by atoms with Crippen molar-refractivity contribution in [2.24, 2.45) is 5.92 Å². The normalized spacial score (nSPS) is 16.7. The van der Waals surface area contributed by atoms with Crippen molar-refractivity contribution < 1.29 is 4.74 Å². The van der Waals surface area contributed by atoms with Gasteiger partial charge in [-0.15, -0.1) is 0 Å². The van der Waals surface area contributed by atoms with Crippen LogP contribution in [0.3, 0.4) is 0 Å². The van der Waals surface area contributed by atoms with Gasteiger partial charge in [0.15, 0.2) is 0 Å². The van der Waals surface area contributed by atoms with Gasteiger partial charge in [0.25, 0.3) is 0 Å². The molecule has 1 aliphatic carbocycles. The van der Waals surface area contributed by atoms with Gasteiger partial charge in [0.05, 0.1) is 22.4 Å². The van der Waals surface area contributed by atoms with Crippen LogP contribution in [0.25, 0.3) is 33.3 Å². The summed E-state index contributed by atoms with van der Waals surface area (Å²) in [5, 5.41) is 7.58. The fourth-order valence-electron chi connectivity index (χ4n) is 8.09. The monoisotopic (exact) mass is 650 g/mol. The van der Waals surface area contributed by atoms with Crippen molar-refractivity contribution in [1.82, 2.24) is 19.3 Å². The number of aromatic nitrogens is 4. The van der Waals surface area contributed by atoms with E-state index in [9.17, 15) is 0 Å². The minimum absolute atomic E-state index is 0.334. The summed E-state index contributed by atoms with van der Waals surface area (Å²) < 4.78 is 11.2. The molecule has 1 unspecified atom stereocenters. The standard InChI is InChI=1S/C44H50N4O/c1-9-31-14-13-15-32(10-2)44(31)43-29(7)46-48(30(43)8)35-22-34(28(5)6)23-37(25-35)49-36-18-19-39-38-16-11-12-17-40(38)47(41(39)26-36)42-24-33(27(3)4)20-21-45-42/h11-12,14,16-28,32,44H,9-10,13,15H2,1-8H3/t32?,44-/m0/s1. The number of aryl methyl sites for hydroxylation is 1. The van der Waals surface area contributed by atoms with E-state index in [-0.39, 0.29) is 0 Å². The lowest BCUT2D eigenvalue weighted by Crippen LogP contribution is -2.19. The number of hydrogen-bond donors (Lipinski definition) is 0. The fraction of sp³-hybridized carbons (Fsp3) is 0.364. The van der Waals surface area contributed by atoms with Crippen LogP contribution in [0.15, 0.2) is 90.6 Å². The SMILES string of the molecule is CCC1=CCCC(CC)[C@H]1c1c(C)nn(-c2cc(Oc3ccc4c5ccccc5n(-c5cc(C(C)C)ccn5)c4c3)cc(C(C)C)c2)c1C. The van der Waals surface area contributed by atoms with Gasteiger partial charge in [0.2, 0.25) is 0 Å². The summed E-state index contributed by atoms with van der Waals surface area (Å²) in [6, 6.07) is 25.9. The van der Waals surface area contributed by atoms with Gasteiger partial charge in [-0.1, -0.05) is 77.8 Å². The maximum absolute atomic E-state index is 6.77. The molecule has 252 valence electrons. The first-order valence-electron chi connectivity index (χ1n) is 18.3. The fourth-order valence-corrected chi connectivity index (χ4v) is 8.09. The zero-order chi connectivity index (χ0) is 34.4. The van der Waals surface area contributed by atoms with E-state index in [0.717, 1.165) is 46.2 Å². The van der Waals surface area contributed by atoms with Crippen LogP contribution in [0.5, 0.6) is 11.5 Å². The molecule has 5 nitrogen and oxygen atoms in total. The number of pyridine rings is 1. The highest BCUT2D eigenvalue weighted by atomic mass is 16.5. The van der Waals surface area contributed by atoms with Crippen LogP contribution >= 0.6 is 0 Å². The number of benzene rings is 3. The molecular weight excluding hydrogens is 601 g/mol. The van der Waals surface area contributed by atoms with Crippen molar-refractivity contribution in [2.75, 3.05) is 0 Å². The molecule has 3 aromatic heterocycles. The van der Waals surface area contributed by atoms with E-state index in [1.165, 1.54) is 52.4 Å². The second-order valence-electron chi connectivity index (χ2n) is 14.5. The summed E-state index contributed by atoms with van der Waals surface area (Å²) in [4.78, 5) is 4.83. The lowest BCUT2D eigenvalue weighted by molar-refractivity contribution is 0.393. The third-order valence-corrected chi connectivity index (χ3v) is 10.8. The molecule has 3 aromatic carbocycles. The van der Waals surface area contributed by atoms with Gasteiger partial charge in [0, 0.05) is 46.3 Å². The maximum atomic E-state index is 6.77. The van der Waals surface area contributed by atoms with Crippen molar-refractivity contribution >= 4 is 21.8 Å². The van der Waals surface area contributed by atoms with E-state index < -0.39 is 0 Å². The van der Waals surface area contributed by atoms with Gasteiger partial charge >= 0.3 is 0 Å². The highest BCUT2D eigenvalue weighted by Crippen LogP contribution is 2.45. The summed E-state index contributed by atoms with van der Waals surface area (Å²) in [7, 11) is 0. The molecule has 5 heteroatoms. The summed E-state index contributed by atoms with van der Waals surface area (Å²) >= 11 is 0. The lowest BCUT2D eigenvalue weighted by atomic mass is 9.72. The average Bonchev–Trinajstić information content (AvgIpc) is 3.59. The van der Waals surface area contributed by atoms with Gasteiger partial charge < -0.3 is 4.74 Å². The van der Waals surface area contributed by atoms with Crippen molar-refractivity contribution in [1.29, 1.82) is 0 Å². The summed E-state index contributed by atoms with van der Waals surface area (Å²) in [6.07, 6.45) is 9.13. The third-order valence-electron chi connectivity index (χ3n) is 10.8. The first-order valence-corrected chi connectivity index (χ1v) is 18.3. The first-order chi connectivity index (χ1) is 23.7. The van der Waals surface area contributed by atoms with Crippen LogP contribution in [0.1, 0.15) is 113 Å². The van der Waals surface area contributed by atoms with E-state index >= 15 is 0 Å². The summed E-state index contributed by atoms with van der Waals surface area (Å²) in [6.45, 7) is 18.0. The molecule has 49 heavy (non-hydrogen) atoms. The summed E-state index contributed by atoms with van der Waals surface area (Å²) in [5.74, 6) is 4.37. The Labute approximate surface area is 291 Å². The van der Waals surface area contributed by atoms with Crippen LogP contribution in [0.4, 0.5) is 0 Å². The van der Waals surface area contributed by atoms with Crippen LogP contribution in [0, 0.1) is 19.8 Å². The smallest absolute Gasteiger partial charge is 0.137 e. The number of ether oxygens (including phenoxy) is 1. The molecule has 0 N–H and O–H groups in total.